The first-order valence-corrected chi connectivity index (χ1v) is 12.0. The molecule has 0 aromatic carbocycles. The van der Waals surface area contributed by atoms with Crippen LogP contribution in [-0.2, 0) is 18.7 Å². The number of alkyl halides is 1. The van der Waals surface area contributed by atoms with Gasteiger partial charge < -0.3 is 13.9 Å². The summed E-state index contributed by atoms with van der Waals surface area (Å²) < 4.78 is 17.1. The summed E-state index contributed by atoms with van der Waals surface area (Å²) in [4.78, 5) is 11.0. The van der Waals surface area contributed by atoms with Crippen LogP contribution in [0.25, 0.3) is 0 Å². The summed E-state index contributed by atoms with van der Waals surface area (Å²) in [5, 5.41) is 0.216. The first-order valence-electron chi connectivity index (χ1n) is 8.60. The van der Waals surface area contributed by atoms with E-state index in [4.69, 9.17) is 25.5 Å². The molecule has 6 heteroatoms. The fourth-order valence-corrected chi connectivity index (χ4v) is 3.26. The van der Waals surface area contributed by atoms with Gasteiger partial charge in [0.1, 0.15) is 18.1 Å². The monoisotopic (exact) mass is 376 g/mol. The summed E-state index contributed by atoms with van der Waals surface area (Å²) in [5.41, 5.74) is 1.04. The second kappa shape index (κ2) is 8.34. The summed E-state index contributed by atoms with van der Waals surface area (Å²) in [6.07, 6.45) is 4.06. The van der Waals surface area contributed by atoms with Crippen LogP contribution in [-0.4, -0.2) is 45.1 Å². The minimum absolute atomic E-state index is 0.102. The smallest absolute Gasteiger partial charge is 0.321 e. The van der Waals surface area contributed by atoms with Crippen LogP contribution >= 0.6 is 11.6 Å². The third-order valence-corrected chi connectivity index (χ3v) is 9.84. The Morgan fingerprint density at radius 3 is 2.54 bits per heavy atom. The van der Waals surface area contributed by atoms with Crippen LogP contribution in [0.4, 0.5) is 0 Å². The van der Waals surface area contributed by atoms with E-state index in [0.717, 1.165) is 12.8 Å². The van der Waals surface area contributed by atoms with Gasteiger partial charge in [0.15, 0.2) is 8.32 Å². The fourth-order valence-electron chi connectivity index (χ4n) is 2.10. The van der Waals surface area contributed by atoms with Gasteiger partial charge >= 0.3 is 5.97 Å². The number of ether oxygens (including phenoxy) is 2. The van der Waals surface area contributed by atoms with Crippen molar-refractivity contribution in [1.82, 2.24) is 0 Å². The van der Waals surface area contributed by atoms with E-state index < -0.39 is 8.32 Å². The van der Waals surface area contributed by atoms with Crippen LogP contribution in [0.1, 0.15) is 47.5 Å². The Balaban J connectivity index is 2.32. The molecule has 1 aliphatic rings. The maximum Gasteiger partial charge on any atom is 0.321 e. The van der Waals surface area contributed by atoms with Crippen molar-refractivity contribution in [2.75, 3.05) is 19.1 Å². The second-order valence-electron chi connectivity index (χ2n) is 8.37. The van der Waals surface area contributed by atoms with Gasteiger partial charge in [-0.05, 0) is 50.9 Å². The molecule has 0 amide bonds. The maximum atomic E-state index is 11.0. The van der Waals surface area contributed by atoms with Gasteiger partial charge in [0.2, 0.25) is 0 Å². The number of rotatable bonds is 9. The Kier molecular flexibility index (Phi) is 7.54. The van der Waals surface area contributed by atoms with E-state index in [1.54, 1.807) is 0 Å². The van der Waals surface area contributed by atoms with E-state index in [-0.39, 0.29) is 35.2 Å². The van der Waals surface area contributed by atoms with Gasteiger partial charge in [-0.1, -0.05) is 26.3 Å². The van der Waals surface area contributed by atoms with Crippen molar-refractivity contribution in [2.45, 2.75) is 77.3 Å². The lowest BCUT2D eigenvalue weighted by molar-refractivity contribution is -0.139. The lowest BCUT2D eigenvalue weighted by atomic mass is 10.0. The van der Waals surface area contributed by atoms with Crippen LogP contribution in [0.5, 0.6) is 0 Å². The van der Waals surface area contributed by atoms with E-state index in [0.29, 0.717) is 6.61 Å². The first-order chi connectivity index (χ1) is 10.9. The Hall–Kier alpha value is -0.363. The molecule has 24 heavy (non-hydrogen) atoms. The molecule has 0 saturated carbocycles. The van der Waals surface area contributed by atoms with E-state index in [1.807, 2.05) is 13.0 Å². The van der Waals surface area contributed by atoms with E-state index in [1.165, 1.54) is 5.57 Å². The van der Waals surface area contributed by atoms with E-state index in [2.05, 4.69) is 40.8 Å². The van der Waals surface area contributed by atoms with Gasteiger partial charge in [-0.15, -0.1) is 11.6 Å². The van der Waals surface area contributed by atoms with Crippen LogP contribution in [0.2, 0.25) is 18.1 Å². The van der Waals surface area contributed by atoms with E-state index >= 15 is 0 Å². The largest absolute Gasteiger partial charge is 0.461 e. The van der Waals surface area contributed by atoms with Gasteiger partial charge in [0.05, 0.1) is 12.7 Å². The Morgan fingerprint density at radius 1 is 1.38 bits per heavy atom. The Labute approximate surface area is 153 Å². The Morgan fingerprint density at radius 2 is 2.00 bits per heavy atom. The average molecular weight is 377 g/mol. The van der Waals surface area contributed by atoms with Crippen molar-refractivity contribution in [3.8, 4) is 0 Å². The number of halogens is 1. The molecule has 1 saturated heterocycles. The van der Waals surface area contributed by atoms with Crippen LogP contribution < -0.4 is 0 Å². The second-order valence-corrected chi connectivity index (χ2v) is 13.5. The third-order valence-electron chi connectivity index (χ3n) is 5.15. The number of esters is 1. The zero-order valence-corrected chi connectivity index (χ0v) is 18.0. The zero-order chi connectivity index (χ0) is 18.6. The number of carbonyl (C=O) groups is 1. The van der Waals surface area contributed by atoms with Crippen molar-refractivity contribution < 1.29 is 18.7 Å². The summed E-state index contributed by atoms with van der Waals surface area (Å²) in [6, 6.07) is 0. The van der Waals surface area contributed by atoms with Crippen LogP contribution in [0.3, 0.4) is 0 Å². The topological polar surface area (TPSA) is 48.1 Å². The summed E-state index contributed by atoms with van der Waals surface area (Å²) in [6.45, 7) is 16.4. The normalized spacial score (nSPS) is 24.8. The predicted octanol–water partition coefficient (Wildman–Crippen LogP) is 4.67. The van der Waals surface area contributed by atoms with Crippen molar-refractivity contribution in [3.05, 3.63) is 11.6 Å². The Bertz CT molecular complexity index is 470. The molecule has 4 nitrogen and oxygen atoms in total. The first kappa shape index (κ1) is 21.7. The SMILES string of the molecule is C/C(=C\COC(=O)CCl)CC[C@H]1O[C@]1(C)CO[Si](C)(C)C(C)(C)C. The molecule has 1 aliphatic heterocycles. The lowest BCUT2D eigenvalue weighted by Crippen LogP contribution is -2.43. The van der Waals surface area contributed by atoms with Crippen LogP contribution in [0.15, 0.2) is 11.6 Å². The molecule has 1 fully saturated rings. The lowest BCUT2D eigenvalue weighted by Gasteiger charge is -2.36. The average Bonchev–Trinajstić information content (AvgIpc) is 3.13. The molecule has 0 radical (unpaired) electrons. The molecule has 1 heterocycles. The molecule has 2 atom stereocenters. The predicted molar refractivity (Wildman–Crippen MR) is 101 cm³/mol. The highest BCUT2D eigenvalue weighted by Crippen LogP contribution is 2.43. The van der Waals surface area contributed by atoms with Gasteiger partial charge in [0.25, 0.3) is 0 Å². The maximum absolute atomic E-state index is 11.0. The minimum atomic E-state index is -1.73. The molecule has 1 rings (SSSR count). The fraction of sp³-hybridized carbons (Fsp3) is 0.833. The molecule has 0 bridgehead atoms. The quantitative estimate of drug-likeness (QED) is 0.193. The molecule has 0 spiro atoms. The number of allylic oxidation sites excluding steroid dienone is 1. The number of hydrogen-bond donors (Lipinski definition) is 0. The third kappa shape index (κ3) is 6.51. The summed E-state index contributed by atoms with van der Waals surface area (Å²) in [7, 11) is -1.73. The number of hydrogen-bond acceptors (Lipinski definition) is 4. The van der Waals surface area contributed by atoms with Gasteiger partial charge in [-0.3, -0.25) is 4.79 Å². The molecule has 0 aromatic rings. The number of carbonyl (C=O) groups excluding carboxylic acids is 1. The van der Waals surface area contributed by atoms with Crippen molar-refractivity contribution in [2.24, 2.45) is 0 Å². The van der Waals surface area contributed by atoms with Crippen molar-refractivity contribution in [1.29, 1.82) is 0 Å². The molecule has 0 aromatic heterocycles. The highest BCUT2D eigenvalue weighted by molar-refractivity contribution is 6.74. The minimum Gasteiger partial charge on any atom is -0.461 e. The van der Waals surface area contributed by atoms with Crippen molar-refractivity contribution >= 4 is 25.9 Å². The standard InChI is InChI=1S/C18H33ClO4Si/c1-14(10-11-21-16(20)12-19)8-9-15-18(5,23-15)13-22-24(6,7)17(2,3)4/h10,15H,8-9,11-13H2,1-7H3/b14-10+/t15-,18-/m1/s1. The van der Waals surface area contributed by atoms with Crippen LogP contribution in [0, 0.1) is 0 Å². The summed E-state index contributed by atoms with van der Waals surface area (Å²) >= 11 is 5.38. The highest BCUT2D eigenvalue weighted by atomic mass is 35.5. The molecular formula is C18H33ClO4Si. The summed E-state index contributed by atoms with van der Waals surface area (Å²) in [5.74, 6) is -0.489. The van der Waals surface area contributed by atoms with E-state index in [9.17, 15) is 4.79 Å². The molecular weight excluding hydrogens is 344 g/mol. The van der Waals surface area contributed by atoms with Gasteiger partial charge in [-0.25, -0.2) is 0 Å². The number of epoxide rings is 1. The molecule has 140 valence electrons. The molecule has 0 N–H and O–H groups in total. The van der Waals surface area contributed by atoms with Crippen molar-refractivity contribution in [3.63, 3.8) is 0 Å². The zero-order valence-electron chi connectivity index (χ0n) is 16.2. The molecule has 0 aliphatic carbocycles. The molecule has 0 unspecified atom stereocenters. The van der Waals surface area contributed by atoms with Gasteiger partial charge in [0, 0.05) is 0 Å². The highest BCUT2D eigenvalue weighted by Gasteiger charge is 2.53. The van der Waals surface area contributed by atoms with Gasteiger partial charge in [-0.2, -0.15) is 0 Å².